The van der Waals surface area contributed by atoms with E-state index in [4.69, 9.17) is 4.74 Å². The lowest BCUT2D eigenvalue weighted by molar-refractivity contribution is 0.0827. The van der Waals surface area contributed by atoms with Gasteiger partial charge < -0.3 is 15.0 Å². The fourth-order valence-corrected chi connectivity index (χ4v) is 2.63. The van der Waals surface area contributed by atoms with E-state index in [9.17, 15) is 9.59 Å². The summed E-state index contributed by atoms with van der Waals surface area (Å²) in [4.78, 5) is 26.0. The Kier molecular flexibility index (Phi) is 6.07. The van der Waals surface area contributed by atoms with Crippen LogP contribution in [-0.4, -0.2) is 30.8 Å². The lowest BCUT2D eigenvalue weighted by Gasteiger charge is -2.12. The summed E-state index contributed by atoms with van der Waals surface area (Å²) >= 11 is 0. The van der Waals surface area contributed by atoms with Crippen molar-refractivity contribution in [1.82, 2.24) is 4.90 Å². The van der Waals surface area contributed by atoms with E-state index in [0.29, 0.717) is 23.4 Å². The molecule has 0 aliphatic rings. The molecule has 0 atom stereocenters. The minimum absolute atomic E-state index is 0.112. The lowest BCUT2D eigenvalue weighted by atomic mass is 10.1. The molecule has 5 heteroatoms. The SMILES string of the molecule is CN(C)C(=O)c1cccc(NC(=O)c2ccc(COc3ccccc3)cc2)c1. The number of hydrogen-bond acceptors (Lipinski definition) is 3. The van der Waals surface area contributed by atoms with Gasteiger partial charge in [0.2, 0.25) is 0 Å². The van der Waals surface area contributed by atoms with Gasteiger partial charge in [-0.15, -0.1) is 0 Å². The van der Waals surface area contributed by atoms with Crippen LogP contribution in [0.4, 0.5) is 5.69 Å². The van der Waals surface area contributed by atoms with E-state index in [-0.39, 0.29) is 11.8 Å². The van der Waals surface area contributed by atoms with Gasteiger partial charge in [0.1, 0.15) is 12.4 Å². The molecule has 3 aromatic rings. The van der Waals surface area contributed by atoms with Gasteiger partial charge in [0.05, 0.1) is 0 Å². The highest BCUT2D eigenvalue weighted by Crippen LogP contribution is 2.15. The van der Waals surface area contributed by atoms with E-state index in [2.05, 4.69) is 5.32 Å². The van der Waals surface area contributed by atoms with Crippen LogP contribution < -0.4 is 10.1 Å². The summed E-state index contributed by atoms with van der Waals surface area (Å²) in [6.07, 6.45) is 0. The van der Waals surface area contributed by atoms with Gasteiger partial charge in [-0.3, -0.25) is 9.59 Å². The number of hydrogen-bond donors (Lipinski definition) is 1. The third-order valence-electron chi connectivity index (χ3n) is 4.14. The number of benzene rings is 3. The normalized spacial score (nSPS) is 10.2. The molecule has 0 aromatic heterocycles. The molecule has 0 aliphatic carbocycles. The molecule has 0 radical (unpaired) electrons. The summed E-state index contributed by atoms with van der Waals surface area (Å²) < 4.78 is 5.71. The van der Waals surface area contributed by atoms with Crippen LogP contribution in [0.5, 0.6) is 5.75 Å². The Bertz CT molecular complexity index is 951. The Hall–Kier alpha value is -3.60. The molecule has 0 saturated carbocycles. The molecular weight excluding hydrogens is 352 g/mol. The largest absolute Gasteiger partial charge is 0.489 e. The van der Waals surface area contributed by atoms with Crippen molar-refractivity contribution >= 4 is 17.5 Å². The Morgan fingerprint density at radius 1 is 0.857 bits per heavy atom. The van der Waals surface area contributed by atoms with Crippen LogP contribution in [0.2, 0.25) is 0 Å². The summed E-state index contributed by atoms with van der Waals surface area (Å²) in [5, 5.41) is 2.83. The van der Waals surface area contributed by atoms with E-state index in [0.717, 1.165) is 11.3 Å². The quantitative estimate of drug-likeness (QED) is 0.703. The van der Waals surface area contributed by atoms with Crippen LogP contribution in [0.1, 0.15) is 26.3 Å². The van der Waals surface area contributed by atoms with E-state index in [1.807, 2.05) is 42.5 Å². The van der Waals surface area contributed by atoms with Gasteiger partial charge >= 0.3 is 0 Å². The first-order valence-corrected chi connectivity index (χ1v) is 8.93. The van der Waals surface area contributed by atoms with Crippen molar-refractivity contribution in [3.63, 3.8) is 0 Å². The van der Waals surface area contributed by atoms with Crippen molar-refractivity contribution in [1.29, 1.82) is 0 Å². The second-order valence-electron chi connectivity index (χ2n) is 6.53. The van der Waals surface area contributed by atoms with Crippen LogP contribution in [0.25, 0.3) is 0 Å². The number of amides is 2. The molecule has 28 heavy (non-hydrogen) atoms. The maximum absolute atomic E-state index is 12.5. The van der Waals surface area contributed by atoms with E-state index in [1.54, 1.807) is 50.5 Å². The van der Waals surface area contributed by atoms with Gasteiger partial charge in [-0.05, 0) is 48.0 Å². The molecule has 5 nitrogen and oxygen atoms in total. The number of nitrogens with one attached hydrogen (secondary N) is 1. The van der Waals surface area contributed by atoms with Gasteiger partial charge in [-0.2, -0.15) is 0 Å². The number of ether oxygens (including phenoxy) is 1. The number of carbonyl (C=O) groups is 2. The standard InChI is InChI=1S/C23H22N2O3/c1-25(2)23(27)19-7-6-8-20(15-19)24-22(26)18-13-11-17(12-14-18)16-28-21-9-4-3-5-10-21/h3-15H,16H2,1-2H3,(H,24,26). The van der Waals surface area contributed by atoms with Gasteiger partial charge in [0, 0.05) is 30.9 Å². The zero-order valence-corrected chi connectivity index (χ0v) is 15.9. The predicted octanol–water partition coefficient (Wildman–Crippen LogP) is 4.22. The van der Waals surface area contributed by atoms with Gasteiger partial charge in [0.15, 0.2) is 0 Å². The van der Waals surface area contributed by atoms with Gasteiger partial charge in [-0.1, -0.05) is 36.4 Å². The molecule has 0 aliphatic heterocycles. The second-order valence-corrected chi connectivity index (χ2v) is 6.53. The minimum Gasteiger partial charge on any atom is -0.489 e. The first kappa shape index (κ1) is 19.2. The topological polar surface area (TPSA) is 58.6 Å². The van der Waals surface area contributed by atoms with Crippen molar-refractivity contribution in [3.05, 3.63) is 95.6 Å². The van der Waals surface area contributed by atoms with E-state index in [1.165, 1.54) is 4.90 Å². The van der Waals surface area contributed by atoms with E-state index >= 15 is 0 Å². The second kappa shape index (κ2) is 8.86. The minimum atomic E-state index is -0.232. The Morgan fingerprint density at radius 2 is 1.57 bits per heavy atom. The number of carbonyl (C=O) groups excluding carboxylic acids is 2. The zero-order chi connectivity index (χ0) is 19.9. The highest BCUT2D eigenvalue weighted by molar-refractivity contribution is 6.05. The molecule has 3 rings (SSSR count). The smallest absolute Gasteiger partial charge is 0.255 e. The molecule has 1 N–H and O–H groups in total. The van der Waals surface area contributed by atoms with Crippen LogP contribution in [0.3, 0.4) is 0 Å². The first-order valence-electron chi connectivity index (χ1n) is 8.93. The summed E-state index contributed by atoms with van der Waals surface area (Å²) in [6, 6.07) is 23.7. The highest BCUT2D eigenvalue weighted by atomic mass is 16.5. The molecule has 2 amide bonds. The molecule has 0 saturated heterocycles. The number of anilines is 1. The van der Waals surface area contributed by atoms with Crippen molar-refractivity contribution in [3.8, 4) is 5.75 Å². The maximum atomic E-state index is 12.5. The molecule has 0 bridgehead atoms. The Balaban J connectivity index is 1.62. The third kappa shape index (κ3) is 4.98. The van der Waals surface area contributed by atoms with Crippen molar-refractivity contribution in [2.75, 3.05) is 19.4 Å². The van der Waals surface area contributed by atoms with Crippen LogP contribution in [0.15, 0.2) is 78.9 Å². The molecule has 0 heterocycles. The lowest BCUT2D eigenvalue weighted by Crippen LogP contribution is -2.22. The highest BCUT2D eigenvalue weighted by Gasteiger charge is 2.10. The molecule has 0 spiro atoms. The molecule has 0 unspecified atom stereocenters. The molecular formula is C23H22N2O3. The number of para-hydroxylation sites is 1. The van der Waals surface area contributed by atoms with E-state index < -0.39 is 0 Å². The zero-order valence-electron chi connectivity index (χ0n) is 15.9. The Labute approximate surface area is 164 Å². The number of rotatable bonds is 6. The molecule has 3 aromatic carbocycles. The monoisotopic (exact) mass is 374 g/mol. The van der Waals surface area contributed by atoms with Crippen LogP contribution in [0, 0.1) is 0 Å². The predicted molar refractivity (Wildman–Crippen MR) is 110 cm³/mol. The summed E-state index contributed by atoms with van der Waals surface area (Å²) in [7, 11) is 3.38. The van der Waals surface area contributed by atoms with Crippen molar-refractivity contribution < 1.29 is 14.3 Å². The van der Waals surface area contributed by atoms with Crippen LogP contribution in [-0.2, 0) is 6.61 Å². The fraction of sp³-hybridized carbons (Fsp3) is 0.130. The van der Waals surface area contributed by atoms with Gasteiger partial charge in [-0.25, -0.2) is 0 Å². The average Bonchev–Trinajstić information content (AvgIpc) is 2.73. The third-order valence-corrected chi connectivity index (χ3v) is 4.14. The van der Waals surface area contributed by atoms with Gasteiger partial charge in [0.25, 0.3) is 11.8 Å². The fourth-order valence-electron chi connectivity index (χ4n) is 2.63. The first-order chi connectivity index (χ1) is 13.5. The molecule has 142 valence electrons. The van der Waals surface area contributed by atoms with Crippen LogP contribution >= 0.6 is 0 Å². The van der Waals surface area contributed by atoms with Crippen molar-refractivity contribution in [2.24, 2.45) is 0 Å². The van der Waals surface area contributed by atoms with Crippen molar-refractivity contribution in [2.45, 2.75) is 6.61 Å². The maximum Gasteiger partial charge on any atom is 0.255 e. The molecule has 0 fully saturated rings. The summed E-state index contributed by atoms with van der Waals surface area (Å²) in [5.74, 6) is 0.459. The average molecular weight is 374 g/mol. The Morgan fingerprint density at radius 3 is 2.25 bits per heavy atom. The number of nitrogens with zero attached hydrogens (tertiary/aromatic N) is 1. The summed E-state index contributed by atoms with van der Waals surface area (Å²) in [6.45, 7) is 0.431. The summed E-state index contributed by atoms with van der Waals surface area (Å²) in [5.41, 5.74) is 2.61.